The molecule has 0 saturated heterocycles. The maximum atomic E-state index is 13.6. The molecule has 19 heavy (non-hydrogen) atoms. The van der Waals surface area contributed by atoms with E-state index in [1.165, 1.54) is 12.1 Å². The van der Waals surface area contributed by atoms with Crippen LogP contribution in [0, 0.1) is 11.7 Å². The van der Waals surface area contributed by atoms with Crippen molar-refractivity contribution in [1.82, 2.24) is 5.32 Å². The number of carbonyl (C=O) groups is 2. The number of amides is 1. The fraction of sp³-hybridized carbons (Fsp3) is 0.385. The molecule has 1 saturated carbocycles. The molecule has 1 unspecified atom stereocenters. The normalized spacial score (nSPS) is 15.9. The third-order valence-electron chi connectivity index (χ3n) is 3.08. The van der Waals surface area contributed by atoms with Crippen molar-refractivity contribution in [2.24, 2.45) is 5.92 Å². The summed E-state index contributed by atoms with van der Waals surface area (Å²) in [5.74, 6) is -2.12. The lowest BCUT2D eigenvalue weighted by Gasteiger charge is -2.16. The highest BCUT2D eigenvalue weighted by atomic mass is 35.5. The standard InChI is InChI=1S/C13H13ClFNO3/c14-8-3-4-9(10(15)5-8)13(19)16-11(6-12(17)18)7-1-2-7/h3-5,7,11H,1-2,6H2,(H,16,19)(H,17,18). The van der Waals surface area contributed by atoms with Crippen LogP contribution in [0.25, 0.3) is 0 Å². The van der Waals surface area contributed by atoms with E-state index in [0.29, 0.717) is 0 Å². The van der Waals surface area contributed by atoms with Gasteiger partial charge in [0.1, 0.15) is 5.82 Å². The summed E-state index contributed by atoms with van der Waals surface area (Å²) in [5.41, 5.74) is -0.125. The van der Waals surface area contributed by atoms with Crippen LogP contribution < -0.4 is 5.32 Å². The summed E-state index contributed by atoms with van der Waals surface area (Å²) in [7, 11) is 0. The molecule has 1 aromatic carbocycles. The Morgan fingerprint density at radius 1 is 1.47 bits per heavy atom. The number of aliphatic carboxylic acids is 1. The van der Waals surface area contributed by atoms with E-state index in [1.807, 2.05) is 0 Å². The lowest BCUT2D eigenvalue weighted by molar-refractivity contribution is -0.137. The van der Waals surface area contributed by atoms with Crippen LogP contribution >= 0.6 is 11.6 Å². The van der Waals surface area contributed by atoms with Crippen molar-refractivity contribution >= 4 is 23.5 Å². The van der Waals surface area contributed by atoms with E-state index in [2.05, 4.69) is 5.32 Å². The number of rotatable bonds is 5. The zero-order valence-corrected chi connectivity index (χ0v) is 10.8. The van der Waals surface area contributed by atoms with Gasteiger partial charge in [0.2, 0.25) is 0 Å². The molecule has 1 amide bonds. The summed E-state index contributed by atoms with van der Waals surface area (Å²) in [5, 5.41) is 11.6. The van der Waals surface area contributed by atoms with Gasteiger partial charge < -0.3 is 10.4 Å². The first kappa shape index (κ1) is 13.8. The first-order valence-corrected chi connectivity index (χ1v) is 6.33. The van der Waals surface area contributed by atoms with Crippen LogP contribution in [0.5, 0.6) is 0 Å². The van der Waals surface area contributed by atoms with Gasteiger partial charge in [-0.1, -0.05) is 11.6 Å². The van der Waals surface area contributed by atoms with E-state index >= 15 is 0 Å². The fourth-order valence-corrected chi connectivity index (χ4v) is 2.10. The van der Waals surface area contributed by atoms with Gasteiger partial charge in [0, 0.05) is 11.1 Å². The first-order chi connectivity index (χ1) is 8.97. The summed E-state index contributed by atoms with van der Waals surface area (Å²) in [6.07, 6.45) is 1.63. The summed E-state index contributed by atoms with van der Waals surface area (Å²) >= 11 is 5.61. The second-order valence-corrected chi connectivity index (χ2v) is 5.08. The maximum absolute atomic E-state index is 13.6. The minimum Gasteiger partial charge on any atom is -0.481 e. The van der Waals surface area contributed by atoms with Crippen LogP contribution in [0.1, 0.15) is 29.6 Å². The molecule has 1 aliphatic rings. The van der Waals surface area contributed by atoms with Gasteiger partial charge in [0.25, 0.3) is 5.91 Å². The summed E-state index contributed by atoms with van der Waals surface area (Å²) < 4.78 is 13.6. The van der Waals surface area contributed by atoms with Gasteiger partial charge in [-0.25, -0.2) is 4.39 Å². The highest BCUT2D eigenvalue weighted by molar-refractivity contribution is 6.30. The minimum absolute atomic E-state index is 0.125. The van der Waals surface area contributed by atoms with E-state index in [9.17, 15) is 14.0 Å². The lowest BCUT2D eigenvalue weighted by atomic mass is 10.1. The molecular formula is C13H13ClFNO3. The molecule has 1 fully saturated rings. The number of hydrogen-bond donors (Lipinski definition) is 2. The largest absolute Gasteiger partial charge is 0.481 e. The Balaban J connectivity index is 2.08. The predicted octanol–water partition coefficient (Wildman–Crippen LogP) is 2.46. The van der Waals surface area contributed by atoms with Gasteiger partial charge in [-0.05, 0) is 37.0 Å². The smallest absolute Gasteiger partial charge is 0.305 e. The zero-order chi connectivity index (χ0) is 14.0. The SMILES string of the molecule is O=C(O)CC(NC(=O)c1ccc(Cl)cc1F)C1CC1. The van der Waals surface area contributed by atoms with Crippen molar-refractivity contribution in [1.29, 1.82) is 0 Å². The first-order valence-electron chi connectivity index (χ1n) is 5.95. The van der Waals surface area contributed by atoms with E-state index in [0.717, 1.165) is 18.9 Å². The Kier molecular flexibility index (Phi) is 4.04. The van der Waals surface area contributed by atoms with E-state index in [1.54, 1.807) is 0 Å². The van der Waals surface area contributed by atoms with Gasteiger partial charge in [0.05, 0.1) is 12.0 Å². The molecule has 0 aliphatic heterocycles. The fourth-order valence-electron chi connectivity index (χ4n) is 1.94. The van der Waals surface area contributed by atoms with Crippen molar-refractivity contribution < 1.29 is 19.1 Å². The molecular weight excluding hydrogens is 273 g/mol. The van der Waals surface area contributed by atoms with E-state index in [4.69, 9.17) is 16.7 Å². The molecule has 1 aromatic rings. The molecule has 0 bridgehead atoms. The second kappa shape index (κ2) is 5.57. The second-order valence-electron chi connectivity index (χ2n) is 4.64. The molecule has 2 rings (SSSR count). The zero-order valence-electron chi connectivity index (χ0n) is 10.0. The van der Waals surface area contributed by atoms with Crippen LogP contribution in [-0.2, 0) is 4.79 Å². The number of benzene rings is 1. The molecule has 0 radical (unpaired) electrons. The highest BCUT2D eigenvalue weighted by Crippen LogP contribution is 2.34. The molecule has 102 valence electrons. The van der Waals surface area contributed by atoms with Crippen LogP contribution in [0.15, 0.2) is 18.2 Å². The molecule has 2 N–H and O–H groups in total. The molecule has 0 spiro atoms. The van der Waals surface area contributed by atoms with Gasteiger partial charge in [-0.2, -0.15) is 0 Å². The Morgan fingerprint density at radius 2 is 2.16 bits per heavy atom. The average Bonchev–Trinajstić information content (AvgIpc) is 3.10. The molecule has 1 atom stereocenters. The monoisotopic (exact) mass is 285 g/mol. The maximum Gasteiger partial charge on any atom is 0.305 e. The summed E-state index contributed by atoms with van der Waals surface area (Å²) in [6.45, 7) is 0. The van der Waals surface area contributed by atoms with Gasteiger partial charge in [-0.3, -0.25) is 9.59 Å². The number of hydrogen-bond acceptors (Lipinski definition) is 2. The summed E-state index contributed by atoms with van der Waals surface area (Å²) in [6, 6.07) is 3.32. The number of carboxylic acids is 1. The molecule has 0 heterocycles. The van der Waals surface area contributed by atoms with Gasteiger partial charge >= 0.3 is 5.97 Å². The Hall–Kier alpha value is -1.62. The van der Waals surface area contributed by atoms with Crippen molar-refractivity contribution in [3.63, 3.8) is 0 Å². The number of halogens is 2. The van der Waals surface area contributed by atoms with Crippen molar-refractivity contribution in [2.75, 3.05) is 0 Å². The Morgan fingerprint density at radius 3 is 2.68 bits per heavy atom. The average molecular weight is 286 g/mol. The Bertz CT molecular complexity index is 517. The number of nitrogens with one attached hydrogen (secondary N) is 1. The van der Waals surface area contributed by atoms with E-state index < -0.39 is 23.7 Å². The molecule has 4 nitrogen and oxygen atoms in total. The predicted molar refractivity (Wildman–Crippen MR) is 67.6 cm³/mol. The van der Waals surface area contributed by atoms with Crippen LogP contribution in [0.4, 0.5) is 4.39 Å². The van der Waals surface area contributed by atoms with Crippen LogP contribution in [0.3, 0.4) is 0 Å². The number of carboxylic acid groups (broad SMARTS) is 1. The molecule has 1 aliphatic carbocycles. The van der Waals surface area contributed by atoms with Gasteiger partial charge in [-0.15, -0.1) is 0 Å². The number of carbonyl (C=O) groups excluding carboxylic acids is 1. The lowest BCUT2D eigenvalue weighted by Crippen LogP contribution is -2.38. The third-order valence-corrected chi connectivity index (χ3v) is 3.31. The van der Waals surface area contributed by atoms with Crippen molar-refractivity contribution in [3.8, 4) is 0 Å². The topological polar surface area (TPSA) is 66.4 Å². The minimum atomic E-state index is -0.978. The summed E-state index contributed by atoms with van der Waals surface area (Å²) in [4.78, 5) is 22.6. The van der Waals surface area contributed by atoms with Gasteiger partial charge in [0.15, 0.2) is 0 Å². The third kappa shape index (κ3) is 3.67. The van der Waals surface area contributed by atoms with Crippen molar-refractivity contribution in [3.05, 3.63) is 34.6 Å². The quantitative estimate of drug-likeness (QED) is 0.873. The van der Waals surface area contributed by atoms with E-state index in [-0.39, 0.29) is 22.9 Å². The highest BCUT2D eigenvalue weighted by Gasteiger charge is 2.34. The van der Waals surface area contributed by atoms with Crippen LogP contribution in [-0.4, -0.2) is 23.0 Å². The molecule has 6 heteroatoms. The Labute approximate surface area is 114 Å². The van der Waals surface area contributed by atoms with Crippen molar-refractivity contribution in [2.45, 2.75) is 25.3 Å². The molecule has 0 aromatic heterocycles. The van der Waals surface area contributed by atoms with Crippen LogP contribution in [0.2, 0.25) is 5.02 Å².